The van der Waals surface area contributed by atoms with Gasteiger partial charge < -0.3 is 20.7 Å². The van der Waals surface area contributed by atoms with Crippen LogP contribution < -0.4 is 20.7 Å². The zero-order valence-corrected chi connectivity index (χ0v) is 18.0. The third-order valence-electron chi connectivity index (χ3n) is 5.04. The number of nitrogens with zero attached hydrogens (tertiary/aromatic N) is 1. The van der Waals surface area contributed by atoms with Crippen LogP contribution in [0.15, 0.2) is 23.2 Å². The molecule has 2 atom stereocenters. The topological polar surface area (TPSA) is 74.8 Å². The first-order valence-corrected chi connectivity index (χ1v) is 10.4. The molecule has 6 nitrogen and oxygen atoms in total. The fraction of sp³-hybridized carbons (Fsp3) is 0.636. The molecule has 0 aliphatic heterocycles. The summed E-state index contributed by atoms with van der Waals surface area (Å²) in [6, 6.07) is 6.69. The molecule has 1 saturated carbocycles. The number of rotatable bonds is 7. The minimum absolute atomic E-state index is 0.0838. The number of guanidine groups is 1. The molecule has 156 valence electrons. The second-order valence-electron chi connectivity index (χ2n) is 7.83. The van der Waals surface area contributed by atoms with Crippen LogP contribution in [0, 0.1) is 12.8 Å². The molecule has 0 spiro atoms. The molecule has 1 amide bonds. The Hall–Kier alpha value is -2.24. The van der Waals surface area contributed by atoms with Crippen molar-refractivity contribution in [3.8, 4) is 5.75 Å². The van der Waals surface area contributed by atoms with Crippen molar-refractivity contribution in [1.29, 1.82) is 0 Å². The zero-order valence-electron chi connectivity index (χ0n) is 18.0. The highest BCUT2D eigenvalue weighted by atomic mass is 16.5. The third kappa shape index (κ3) is 6.73. The van der Waals surface area contributed by atoms with Crippen molar-refractivity contribution in [3.05, 3.63) is 29.3 Å². The molecule has 2 rings (SSSR count). The van der Waals surface area contributed by atoms with Crippen molar-refractivity contribution in [2.45, 2.75) is 72.0 Å². The molecule has 1 aromatic rings. The Bertz CT molecular complexity index is 673. The minimum Gasteiger partial charge on any atom is -0.494 e. The highest BCUT2D eigenvalue weighted by Crippen LogP contribution is 2.24. The summed E-state index contributed by atoms with van der Waals surface area (Å²) in [4.78, 5) is 16.7. The van der Waals surface area contributed by atoms with Crippen molar-refractivity contribution in [1.82, 2.24) is 16.0 Å². The van der Waals surface area contributed by atoms with E-state index in [0.29, 0.717) is 13.2 Å². The molecule has 28 heavy (non-hydrogen) atoms. The van der Waals surface area contributed by atoms with Crippen LogP contribution in [0.25, 0.3) is 0 Å². The number of ether oxygens (including phenoxy) is 1. The highest BCUT2D eigenvalue weighted by Gasteiger charge is 2.27. The van der Waals surface area contributed by atoms with Crippen molar-refractivity contribution < 1.29 is 9.53 Å². The Labute approximate surface area is 169 Å². The number of amides is 1. The molecule has 1 aliphatic rings. The first-order valence-electron chi connectivity index (χ1n) is 10.4. The van der Waals surface area contributed by atoms with Gasteiger partial charge in [0.1, 0.15) is 5.75 Å². The van der Waals surface area contributed by atoms with E-state index in [1.54, 1.807) is 7.05 Å². The number of carbonyl (C=O) groups is 1. The molecule has 1 fully saturated rings. The van der Waals surface area contributed by atoms with Crippen molar-refractivity contribution >= 4 is 11.9 Å². The van der Waals surface area contributed by atoms with Gasteiger partial charge in [-0.05, 0) is 64.2 Å². The summed E-state index contributed by atoms with van der Waals surface area (Å²) >= 11 is 0. The molecule has 2 unspecified atom stereocenters. The summed E-state index contributed by atoms with van der Waals surface area (Å²) < 4.78 is 5.60. The normalized spacial score (nSPS) is 20.0. The predicted molar refractivity (Wildman–Crippen MR) is 115 cm³/mol. The quantitative estimate of drug-likeness (QED) is 0.495. The lowest BCUT2D eigenvalue weighted by Gasteiger charge is -2.30. The van der Waals surface area contributed by atoms with E-state index in [2.05, 4.69) is 40.0 Å². The standard InChI is InChI=1S/C22H36N4O2/c1-6-28-20-11-10-17(12-16(20)4)14-24-22(23-5)26-19-9-7-8-18(13-19)21(27)25-15(2)3/h10-12,15,18-19H,6-9,13-14H2,1-5H3,(H,25,27)(H2,23,24,26). The fourth-order valence-corrected chi connectivity index (χ4v) is 3.67. The van der Waals surface area contributed by atoms with E-state index in [9.17, 15) is 4.79 Å². The first-order chi connectivity index (χ1) is 13.4. The summed E-state index contributed by atoms with van der Waals surface area (Å²) in [5.74, 6) is 1.97. The van der Waals surface area contributed by atoms with Gasteiger partial charge in [0.05, 0.1) is 6.61 Å². The van der Waals surface area contributed by atoms with Gasteiger partial charge in [-0.3, -0.25) is 9.79 Å². The SMILES string of the molecule is CCOc1ccc(CNC(=NC)NC2CCCC(C(=O)NC(C)C)C2)cc1C. The van der Waals surface area contributed by atoms with Gasteiger partial charge >= 0.3 is 0 Å². The lowest BCUT2D eigenvalue weighted by molar-refractivity contribution is -0.126. The van der Waals surface area contributed by atoms with Gasteiger partial charge in [0.25, 0.3) is 0 Å². The third-order valence-corrected chi connectivity index (χ3v) is 5.04. The van der Waals surface area contributed by atoms with Crippen LogP contribution in [0.1, 0.15) is 57.6 Å². The second kappa shape index (κ2) is 10.9. The Morgan fingerprint density at radius 2 is 2.11 bits per heavy atom. The molecular formula is C22H36N4O2. The maximum absolute atomic E-state index is 12.3. The first kappa shape index (κ1) is 22.1. The summed E-state index contributed by atoms with van der Waals surface area (Å²) in [6.45, 7) is 9.43. The van der Waals surface area contributed by atoms with E-state index in [-0.39, 0.29) is 23.9 Å². The van der Waals surface area contributed by atoms with Crippen LogP contribution in [0.4, 0.5) is 0 Å². The average molecular weight is 389 g/mol. The summed E-state index contributed by atoms with van der Waals surface area (Å²) in [7, 11) is 1.78. The lowest BCUT2D eigenvalue weighted by Crippen LogP contribution is -2.47. The van der Waals surface area contributed by atoms with Crippen LogP contribution in [0.3, 0.4) is 0 Å². The van der Waals surface area contributed by atoms with Crippen LogP contribution in [-0.4, -0.2) is 37.6 Å². The van der Waals surface area contributed by atoms with E-state index in [4.69, 9.17) is 4.74 Å². The number of hydrogen-bond donors (Lipinski definition) is 3. The molecule has 0 bridgehead atoms. The molecule has 3 N–H and O–H groups in total. The highest BCUT2D eigenvalue weighted by molar-refractivity contribution is 5.81. The van der Waals surface area contributed by atoms with Gasteiger partial charge in [0.2, 0.25) is 5.91 Å². The van der Waals surface area contributed by atoms with E-state index >= 15 is 0 Å². The number of aryl methyl sites for hydroxylation is 1. The maximum Gasteiger partial charge on any atom is 0.223 e. The van der Waals surface area contributed by atoms with Gasteiger partial charge in [0, 0.05) is 31.6 Å². The van der Waals surface area contributed by atoms with E-state index in [1.165, 1.54) is 5.56 Å². The Kier molecular flexibility index (Phi) is 8.61. The minimum atomic E-state index is 0.0838. The van der Waals surface area contributed by atoms with E-state index < -0.39 is 0 Å². The zero-order chi connectivity index (χ0) is 20.5. The molecular weight excluding hydrogens is 352 g/mol. The van der Waals surface area contributed by atoms with Gasteiger partial charge in [-0.2, -0.15) is 0 Å². The van der Waals surface area contributed by atoms with Gasteiger partial charge in [-0.25, -0.2) is 0 Å². The average Bonchev–Trinajstić information content (AvgIpc) is 2.67. The van der Waals surface area contributed by atoms with Crippen molar-refractivity contribution in [3.63, 3.8) is 0 Å². The molecule has 6 heteroatoms. The summed E-state index contributed by atoms with van der Waals surface area (Å²) in [6.07, 6.45) is 3.94. The van der Waals surface area contributed by atoms with Crippen LogP contribution in [-0.2, 0) is 11.3 Å². The summed E-state index contributed by atoms with van der Waals surface area (Å²) in [5, 5.41) is 9.92. The van der Waals surface area contributed by atoms with E-state index in [1.807, 2.05) is 26.8 Å². The lowest BCUT2D eigenvalue weighted by atomic mass is 9.85. The number of hydrogen-bond acceptors (Lipinski definition) is 3. The van der Waals surface area contributed by atoms with Gasteiger partial charge in [-0.1, -0.05) is 18.6 Å². The number of aliphatic imine (C=N–C) groups is 1. The van der Waals surface area contributed by atoms with Crippen molar-refractivity contribution in [2.24, 2.45) is 10.9 Å². The molecule has 0 radical (unpaired) electrons. The van der Waals surface area contributed by atoms with Crippen molar-refractivity contribution in [2.75, 3.05) is 13.7 Å². The number of nitrogens with one attached hydrogen (secondary N) is 3. The van der Waals surface area contributed by atoms with Crippen LogP contribution >= 0.6 is 0 Å². The Morgan fingerprint density at radius 1 is 1.32 bits per heavy atom. The summed E-state index contributed by atoms with van der Waals surface area (Å²) in [5.41, 5.74) is 2.32. The Balaban J connectivity index is 1.87. The van der Waals surface area contributed by atoms with E-state index in [0.717, 1.165) is 43.0 Å². The second-order valence-corrected chi connectivity index (χ2v) is 7.83. The van der Waals surface area contributed by atoms with Gasteiger partial charge in [-0.15, -0.1) is 0 Å². The molecule has 1 aromatic carbocycles. The monoisotopic (exact) mass is 388 g/mol. The molecule has 0 saturated heterocycles. The number of benzene rings is 1. The molecule has 0 aromatic heterocycles. The number of carbonyl (C=O) groups excluding carboxylic acids is 1. The molecule has 1 aliphatic carbocycles. The smallest absolute Gasteiger partial charge is 0.223 e. The molecule has 0 heterocycles. The van der Waals surface area contributed by atoms with Crippen LogP contribution in [0.2, 0.25) is 0 Å². The van der Waals surface area contributed by atoms with Gasteiger partial charge in [0.15, 0.2) is 5.96 Å². The Morgan fingerprint density at radius 3 is 2.75 bits per heavy atom. The largest absolute Gasteiger partial charge is 0.494 e. The van der Waals surface area contributed by atoms with Crippen LogP contribution in [0.5, 0.6) is 5.75 Å². The maximum atomic E-state index is 12.3. The predicted octanol–water partition coefficient (Wildman–Crippen LogP) is 3.14. The fourth-order valence-electron chi connectivity index (χ4n) is 3.67.